The fraction of sp³-hybridized carbons (Fsp3) is 0.571. The lowest BCUT2D eigenvalue weighted by Crippen LogP contribution is -2.47. The molecule has 2 amide bonds. The van der Waals surface area contributed by atoms with Crippen LogP contribution in [0.2, 0.25) is 0 Å². The molecule has 0 saturated carbocycles. The van der Waals surface area contributed by atoms with Crippen LogP contribution in [0.3, 0.4) is 0 Å². The highest BCUT2D eigenvalue weighted by Gasteiger charge is 2.29. The number of aliphatic carboxylic acids is 1. The zero-order valence-corrected chi connectivity index (χ0v) is 8.25. The molecule has 0 aliphatic heterocycles. The quantitative estimate of drug-likeness (QED) is 0.624. The van der Waals surface area contributed by atoms with Gasteiger partial charge in [0.05, 0.1) is 0 Å². The summed E-state index contributed by atoms with van der Waals surface area (Å²) in [5.74, 6) is -2.50. The smallest absolute Gasteiger partial charge is 0.327 e. The van der Waals surface area contributed by atoms with E-state index >= 15 is 0 Å². The Balaban J connectivity index is 4.80. The van der Waals surface area contributed by atoms with Crippen molar-refractivity contribution in [1.82, 2.24) is 4.90 Å². The van der Waals surface area contributed by atoms with Crippen molar-refractivity contribution >= 4 is 30.4 Å². The Morgan fingerprint density at radius 3 is 1.77 bits per heavy atom. The van der Waals surface area contributed by atoms with Gasteiger partial charge in [-0.05, 0) is 0 Å². The predicted molar refractivity (Wildman–Crippen MR) is 48.5 cm³/mol. The topological polar surface area (TPSA) is 74.7 Å². The number of thiol groups is 1. The molecular weight excluding hydrogens is 194 g/mol. The summed E-state index contributed by atoms with van der Waals surface area (Å²) >= 11 is 3.76. The van der Waals surface area contributed by atoms with Gasteiger partial charge in [-0.2, -0.15) is 12.6 Å². The predicted octanol–water partition coefficient (Wildman–Crippen LogP) is -0.236. The molecule has 0 rings (SSSR count). The minimum absolute atomic E-state index is 0.0888. The molecule has 6 heteroatoms. The van der Waals surface area contributed by atoms with Gasteiger partial charge < -0.3 is 5.11 Å². The van der Waals surface area contributed by atoms with Crippen LogP contribution >= 0.6 is 12.6 Å². The molecule has 0 aromatic carbocycles. The molecule has 0 bridgehead atoms. The lowest BCUT2D eigenvalue weighted by molar-refractivity contribution is -0.155. The average Bonchev–Trinajstić information content (AvgIpc) is 1.97. The van der Waals surface area contributed by atoms with Crippen LogP contribution in [0.25, 0.3) is 0 Å². The second kappa shape index (κ2) is 4.86. The summed E-state index contributed by atoms with van der Waals surface area (Å²) < 4.78 is 0. The normalized spacial score (nSPS) is 11.9. The fourth-order valence-corrected chi connectivity index (χ4v) is 1.25. The van der Waals surface area contributed by atoms with Gasteiger partial charge in [-0.15, -0.1) is 0 Å². The Labute approximate surface area is 81.1 Å². The summed E-state index contributed by atoms with van der Waals surface area (Å²) in [5, 5.41) is 8.65. The van der Waals surface area contributed by atoms with Crippen LogP contribution in [0.15, 0.2) is 0 Å². The van der Waals surface area contributed by atoms with E-state index in [4.69, 9.17) is 5.11 Å². The van der Waals surface area contributed by atoms with Gasteiger partial charge in [-0.1, -0.05) is 0 Å². The Morgan fingerprint density at radius 2 is 1.69 bits per heavy atom. The molecule has 0 radical (unpaired) electrons. The fourth-order valence-electron chi connectivity index (χ4n) is 0.931. The standard InChI is InChI=1S/C7H11NO4S/c1-4(9)8(5(2)10)6(3-13)7(11)12/h6,13H,3H2,1-2H3,(H,11,12). The number of imide groups is 1. The van der Waals surface area contributed by atoms with Crippen LogP contribution < -0.4 is 0 Å². The van der Waals surface area contributed by atoms with Gasteiger partial charge in [0, 0.05) is 19.6 Å². The lowest BCUT2D eigenvalue weighted by Gasteiger charge is -2.23. The molecule has 0 heterocycles. The molecular formula is C7H11NO4S. The van der Waals surface area contributed by atoms with E-state index in [1.165, 1.54) is 0 Å². The molecule has 0 saturated heterocycles. The molecule has 5 nitrogen and oxygen atoms in total. The number of carbonyl (C=O) groups excluding carboxylic acids is 2. The van der Waals surface area contributed by atoms with Crippen LogP contribution in [-0.2, 0) is 14.4 Å². The van der Waals surface area contributed by atoms with Crippen LogP contribution in [0.1, 0.15) is 13.8 Å². The largest absolute Gasteiger partial charge is 0.480 e. The number of carbonyl (C=O) groups is 3. The Kier molecular flexibility index (Phi) is 4.47. The van der Waals surface area contributed by atoms with E-state index in [1.54, 1.807) is 0 Å². The molecule has 0 aliphatic rings. The summed E-state index contributed by atoms with van der Waals surface area (Å²) in [7, 11) is 0. The third-order valence-corrected chi connectivity index (χ3v) is 1.79. The summed E-state index contributed by atoms with van der Waals surface area (Å²) in [6, 6.07) is -1.18. The van der Waals surface area contributed by atoms with Crippen LogP contribution in [-0.4, -0.2) is 39.6 Å². The molecule has 13 heavy (non-hydrogen) atoms. The number of rotatable bonds is 3. The molecule has 0 aromatic heterocycles. The zero-order chi connectivity index (χ0) is 10.6. The maximum absolute atomic E-state index is 10.9. The van der Waals surface area contributed by atoms with E-state index in [0.717, 1.165) is 13.8 Å². The molecule has 1 N–H and O–H groups in total. The summed E-state index contributed by atoms with van der Waals surface area (Å²) in [4.78, 5) is 33.1. The third kappa shape index (κ3) is 3.06. The van der Waals surface area contributed by atoms with Gasteiger partial charge in [0.1, 0.15) is 6.04 Å². The van der Waals surface area contributed by atoms with Gasteiger partial charge in [-0.25, -0.2) is 4.79 Å². The van der Waals surface area contributed by atoms with Crippen molar-refractivity contribution in [2.24, 2.45) is 0 Å². The van der Waals surface area contributed by atoms with Crippen molar-refractivity contribution in [3.05, 3.63) is 0 Å². The van der Waals surface area contributed by atoms with Crippen molar-refractivity contribution in [3.63, 3.8) is 0 Å². The van der Waals surface area contributed by atoms with Crippen LogP contribution in [0, 0.1) is 0 Å². The Bertz CT molecular complexity index is 227. The van der Waals surface area contributed by atoms with E-state index in [9.17, 15) is 14.4 Å². The van der Waals surface area contributed by atoms with Gasteiger partial charge >= 0.3 is 5.97 Å². The maximum Gasteiger partial charge on any atom is 0.327 e. The van der Waals surface area contributed by atoms with E-state index in [0.29, 0.717) is 4.90 Å². The highest BCUT2D eigenvalue weighted by atomic mass is 32.1. The monoisotopic (exact) mass is 205 g/mol. The van der Waals surface area contributed by atoms with E-state index in [1.807, 2.05) is 0 Å². The molecule has 0 aliphatic carbocycles. The van der Waals surface area contributed by atoms with Crippen molar-refractivity contribution in [1.29, 1.82) is 0 Å². The number of carboxylic acid groups (broad SMARTS) is 1. The van der Waals surface area contributed by atoms with E-state index in [-0.39, 0.29) is 5.75 Å². The average molecular weight is 205 g/mol. The maximum atomic E-state index is 10.9. The first-order valence-electron chi connectivity index (χ1n) is 3.55. The van der Waals surface area contributed by atoms with Crippen molar-refractivity contribution in [3.8, 4) is 0 Å². The molecule has 0 spiro atoms. The Hall–Kier alpha value is -1.04. The van der Waals surface area contributed by atoms with Crippen molar-refractivity contribution in [2.45, 2.75) is 19.9 Å². The van der Waals surface area contributed by atoms with Gasteiger partial charge in [0.2, 0.25) is 11.8 Å². The number of amides is 2. The van der Waals surface area contributed by atoms with Crippen molar-refractivity contribution < 1.29 is 19.5 Å². The molecule has 74 valence electrons. The van der Waals surface area contributed by atoms with Crippen LogP contribution in [0.4, 0.5) is 0 Å². The first kappa shape index (κ1) is 12.0. The number of hydrogen-bond acceptors (Lipinski definition) is 4. The Morgan fingerprint density at radius 1 is 1.31 bits per heavy atom. The lowest BCUT2D eigenvalue weighted by atomic mass is 10.3. The molecule has 0 aromatic rings. The summed E-state index contributed by atoms with van der Waals surface area (Å²) in [6.07, 6.45) is 0. The summed E-state index contributed by atoms with van der Waals surface area (Å²) in [6.45, 7) is 2.28. The van der Waals surface area contributed by atoms with E-state index < -0.39 is 23.8 Å². The number of hydrogen-bond donors (Lipinski definition) is 2. The van der Waals surface area contributed by atoms with Gasteiger partial charge in [0.15, 0.2) is 0 Å². The molecule has 0 fully saturated rings. The van der Waals surface area contributed by atoms with E-state index in [2.05, 4.69) is 12.6 Å². The number of nitrogens with zero attached hydrogens (tertiary/aromatic N) is 1. The summed E-state index contributed by atoms with van der Waals surface area (Å²) in [5.41, 5.74) is 0. The molecule has 1 atom stereocenters. The first-order chi connectivity index (χ1) is 5.91. The zero-order valence-electron chi connectivity index (χ0n) is 7.35. The van der Waals surface area contributed by atoms with Gasteiger partial charge in [-0.3, -0.25) is 14.5 Å². The van der Waals surface area contributed by atoms with Gasteiger partial charge in [0.25, 0.3) is 0 Å². The first-order valence-corrected chi connectivity index (χ1v) is 4.19. The minimum atomic E-state index is -1.24. The number of carboxylic acids is 1. The van der Waals surface area contributed by atoms with Crippen molar-refractivity contribution in [2.75, 3.05) is 5.75 Å². The highest BCUT2D eigenvalue weighted by molar-refractivity contribution is 7.80. The molecule has 1 unspecified atom stereocenters. The third-order valence-electron chi connectivity index (χ3n) is 1.45. The highest BCUT2D eigenvalue weighted by Crippen LogP contribution is 2.03. The van der Waals surface area contributed by atoms with Crippen LogP contribution in [0.5, 0.6) is 0 Å². The second-order valence-corrected chi connectivity index (χ2v) is 2.81. The second-order valence-electron chi connectivity index (χ2n) is 2.44. The minimum Gasteiger partial charge on any atom is -0.480 e. The SMILES string of the molecule is CC(=O)N(C(C)=O)C(CS)C(=O)O.